The first kappa shape index (κ1) is 21.2. The van der Waals surface area contributed by atoms with E-state index in [1.807, 2.05) is 0 Å². The van der Waals surface area contributed by atoms with E-state index in [1.165, 1.54) is 18.4 Å². The topological polar surface area (TPSA) is 127 Å². The minimum Gasteiger partial charge on any atom is -0.481 e. The first-order chi connectivity index (χ1) is 14.0. The zero-order valence-corrected chi connectivity index (χ0v) is 16.9. The molecule has 0 radical (unpaired) electrons. The van der Waals surface area contributed by atoms with Crippen LogP contribution in [0.25, 0.3) is 0 Å². The van der Waals surface area contributed by atoms with Crippen molar-refractivity contribution in [3.8, 4) is 0 Å². The molecule has 0 aromatic rings. The fourth-order valence-corrected chi connectivity index (χ4v) is 7.07. The maximum atomic E-state index is 16.9. The fraction of sp³-hybridized carbons (Fsp3) is 0.682. The number of ketones is 1. The molecule has 0 amide bonds. The molecular formula is C22H28FNO6. The molecule has 0 spiro atoms. The number of carboxylic acids is 1. The summed E-state index contributed by atoms with van der Waals surface area (Å²) in [4.78, 5) is 23.0. The number of carboxylic acid groups (broad SMARTS) is 1. The first-order valence-corrected chi connectivity index (χ1v) is 10.5. The highest BCUT2D eigenvalue weighted by Crippen LogP contribution is 2.69. The Bertz CT molecular complexity index is 870. The van der Waals surface area contributed by atoms with E-state index < -0.39 is 46.0 Å². The van der Waals surface area contributed by atoms with Crippen molar-refractivity contribution in [2.45, 2.75) is 69.2 Å². The average molecular weight is 421 g/mol. The van der Waals surface area contributed by atoms with E-state index in [0.717, 1.165) is 0 Å². The van der Waals surface area contributed by atoms with Crippen molar-refractivity contribution in [2.75, 3.05) is 0 Å². The molecule has 7 nitrogen and oxygen atoms in total. The van der Waals surface area contributed by atoms with E-state index in [4.69, 9.17) is 5.11 Å². The number of hydrogen-bond donors (Lipinski definition) is 4. The Labute approximate surface area is 174 Å². The van der Waals surface area contributed by atoms with Crippen LogP contribution in [0.2, 0.25) is 0 Å². The predicted molar refractivity (Wildman–Crippen MR) is 105 cm³/mol. The van der Waals surface area contributed by atoms with Gasteiger partial charge >= 0.3 is 5.97 Å². The molecule has 4 aliphatic carbocycles. The summed E-state index contributed by atoms with van der Waals surface area (Å²) in [6, 6.07) is 0. The van der Waals surface area contributed by atoms with Gasteiger partial charge in [-0.25, -0.2) is 4.39 Å². The Morgan fingerprint density at radius 3 is 2.77 bits per heavy atom. The van der Waals surface area contributed by atoms with Gasteiger partial charge in [0.25, 0.3) is 0 Å². The minimum absolute atomic E-state index is 0.0690. The summed E-state index contributed by atoms with van der Waals surface area (Å²) in [6.45, 7) is 1.70. The monoisotopic (exact) mass is 421 g/mol. The van der Waals surface area contributed by atoms with E-state index in [0.29, 0.717) is 24.8 Å². The second-order valence-electron chi connectivity index (χ2n) is 9.60. The summed E-state index contributed by atoms with van der Waals surface area (Å²) >= 11 is 0. The number of aliphatic hydroxyl groups excluding tert-OH is 1. The number of halogens is 1. The van der Waals surface area contributed by atoms with Crippen molar-refractivity contribution in [1.82, 2.24) is 0 Å². The lowest BCUT2D eigenvalue weighted by Crippen LogP contribution is -2.69. The lowest BCUT2D eigenvalue weighted by atomic mass is 9.44. The molecule has 7 atom stereocenters. The van der Waals surface area contributed by atoms with Gasteiger partial charge in [-0.15, -0.1) is 5.16 Å². The van der Waals surface area contributed by atoms with E-state index in [1.54, 1.807) is 13.0 Å². The zero-order valence-electron chi connectivity index (χ0n) is 16.9. The zero-order chi connectivity index (χ0) is 21.9. The van der Waals surface area contributed by atoms with Gasteiger partial charge in [0, 0.05) is 23.2 Å². The van der Waals surface area contributed by atoms with Crippen LogP contribution in [-0.2, 0) is 9.59 Å². The molecule has 164 valence electrons. The van der Waals surface area contributed by atoms with Crippen LogP contribution >= 0.6 is 0 Å². The highest BCUT2D eigenvalue weighted by molar-refractivity contribution is 6.01. The van der Waals surface area contributed by atoms with Crippen LogP contribution in [0, 0.1) is 22.7 Å². The predicted octanol–water partition coefficient (Wildman–Crippen LogP) is 2.39. The first-order valence-electron chi connectivity index (χ1n) is 10.5. The van der Waals surface area contributed by atoms with Crippen LogP contribution in [0.15, 0.2) is 29.0 Å². The number of allylic oxidation sites excluding steroid dienone is 4. The smallest absolute Gasteiger partial charge is 0.303 e. The number of aliphatic carboxylic acids is 1. The molecule has 4 N–H and O–H groups in total. The lowest BCUT2D eigenvalue weighted by Gasteiger charge is -2.62. The van der Waals surface area contributed by atoms with Crippen LogP contribution < -0.4 is 0 Å². The summed E-state index contributed by atoms with van der Waals surface area (Å²) in [5.41, 5.74) is -5.27. The molecule has 3 saturated carbocycles. The summed E-state index contributed by atoms with van der Waals surface area (Å²) in [6.07, 6.45) is 5.08. The molecule has 3 fully saturated rings. The van der Waals surface area contributed by atoms with E-state index in [9.17, 15) is 25.0 Å². The van der Waals surface area contributed by atoms with Gasteiger partial charge in [-0.05, 0) is 63.5 Å². The SMILES string of the molecule is C[C@]12C=CC(=O)C=C1CC[C@H]1[C@@H]3CC[C@@](O)(CCC(=O)O)[C@@]3(/C=N/O)C[C@H](O)[C@@]12F. The lowest BCUT2D eigenvalue weighted by molar-refractivity contribution is -0.203. The Hall–Kier alpha value is -2.06. The van der Waals surface area contributed by atoms with Crippen LogP contribution in [0.5, 0.6) is 0 Å². The number of nitrogens with zero attached hydrogens (tertiary/aromatic N) is 1. The second kappa shape index (κ2) is 6.72. The van der Waals surface area contributed by atoms with Crippen molar-refractivity contribution in [3.63, 3.8) is 0 Å². The summed E-state index contributed by atoms with van der Waals surface area (Å²) in [7, 11) is 0. The molecule has 0 unspecified atom stereocenters. The molecule has 8 heteroatoms. The van der Waals surface area contributed by atoms with Crippen LogP contribution in [-0.4, -0.2) is 55.9 Å². The average Bonchev–Trinajstić information content (AvgIpc) is 2.95. The van der Waals surface area contributed by atoms with Gasteiger partial charge in [0.15, 0.2) is 11.5 Å². The minimum atomic E-state index is -2.05. The van der Waals surface area contributed by atoms with Gasteiger partial charge in [0.05, 0.1) is 17.9 Å². The molecule has 4 aliphatic rings. The van der Waals surface area contributed by atoms with Crippen LogP contribution in [0.4, 0.5) is 4.39 Å². The summed E-state index contributed by atoms with van der Waals surface area (Å²) in [5.74, 6) is -2.32. The fourth-order valence-electron chi connectivity index (χ4n) is 7.07. The molecular weight excluding hydrogens is 393 g/mol. The van der Waals surface area contributed by atoms with Crippen molar-refractivity contribution in [2.24, 2.45) is 27.8 Å². The standard InChI is InChI=1S/C22H28FNO6/c1-19-7-4-14(25)10-13(19)2-3-16-15-5-8-21(29,9-6-18(27)28)20(15,12-24-30)11-17(26)22(16,19)23/h4,7,10,12,15-17,26,29-30H,2-3,5-6,8-9,11H2,1H3,(H,27,28)/b24-12+/t15-,16-,17-,19-,20+,21+,22-/m0/s1. The van der Waals surface area contributed by atoms with E-state index in [2.05, 4.69) is 5.16 Å². The van der Waals surface area contributed by atoms with Crippen molar-refractivity contribution in [1.29, 1.82) is 0 Å². The van der Waals surface area contributed by atoms with Crippen molar-refractivity contribution >= 4 is 18.0 Å². The maximum Gasteiger partial charge on any atom is 0.303 e. The number of rotatable bonds is 4. The van der Waals surface area contributed by atoms with E-state index in [-0.39, 0.29) is 31.5 Å². The van der Waals surface area contributed by atoms with Gasteiger partial charge in [-0.2, -0.15) is 0 Å². The summed E-state index contributed by atoms with van der Waals surface area (Å²) < 4.78 is 16.9. The third-order valence-electron chi connectivity index (χ3n) is 8.56. The Balaban J connectivity index is 1.80. The number of carbonyl (C=O) groups is 2. The molecule has 0 heterocycles. The van der Waals surface area contributed by atoms with E-state index >= 15 is 4.39 Å². The number of aliphatic hydroxyl groups is 2. The maximum absolute atomic E-state index is 16.9. The van der Waals surface area contributed by atoms with Crippen LogP contribution in [0.1, 0.15) is 51.9 Å². The summed E-state index contributed by atoms with van der Waals surface area (Å²) in [5, 5.41) is 44.4. The normalized spacial score (nSPS) is 47.5. The third kappa shape index (κ3) is 2.52. The molecule has 0 saturated heterocycles. The molecule has 30 heavy (non-hydrogen) atoms. The number of oxime groups is 1. The Morgan fingerprint density at radius 2 is 2.10 bits per heavy atom. The number of carbonyl (C=O) groups excluding carboxylic acids is 1. The molecule has 0 aliphatic heterocycles. The van der Waals surface area contributed by atoms with Crippen LogP contribution in [0.3, 0.4) is 0 Å². The number of hydrogen-bond acceptors (Lipinski definition) is 6. The largest absolute Gasteiger partial charge is 0.481 e. The van der Waals surface area contributed by atoms with Gasteiger partial charge in [-0.1, -0.05) is 11.6 Å². The second-order valence-corrected chi connectivity index (χ2v) is 9.60. The number of fused-ring (bicyclic) bond motifs is 5. The van der Waals surface area contributed by atoms with Gasteiger partial charge in [0.1, 0.15) is 0 Å². The Kier molecular flexibility index (Phi) is 4.74. The highest BCUT2D eigenvalue weighted by Gasteiger charge is 2.73. The van der Waals surface area contributed by atoms with Gasteiger partial charge in [0.2, 0.25) is 0 Å². The molecule has 0 aromatic heterocycles. The third-order valence-corrected chi connectivity index (χ3v) is 8.56. The van der Waals surface area contributed by atoms with Crippen molar-refractivity contribution in [3.05, 3.63) is 23.8 Å². The molecule has 0 aromatic carbocycles. The molecule has 4 rings (SSSR count). The van der Waals surface area contributed by atoms with Crippen molar-refractivity contribution < 1.29 is 34.5 Å². The Morgan fingerprint density at radius 1 is 1.37 bits per heavy atom. The quantitative estimate of drug-likeness (QED) is 0.314. The van der Waals surface area contributed by atoms with Gasteiger partial charge in [-0.3, -0.25) is 9.59 Å². The molecule has 0 bridgehead atoms. The number of alkyl halides is 1. The van der Waals surface area contributed by atoms with Gasteiger partial charge < -0.3 is 20.5 Å². The highest BCUT2D eigenvalue weighted by atomic mass is 19.1.